The number of ether oxygens (including phenoxy) is 4. The van der Waals surface area contributed by atoms with Crippen LogP contribution in [0, 0.1) is 0 Å². The third-order valence-electron chi connectivity index (χ3n) is 4.19. The Morgan fingerprint density at radius 2 is 2.04 bits per heavy atom. The highest BCUT2D eigenvalue weighted by Crippen LogP contribution is 2.36. The minimum Gasteiger partial charge on any atom is -0.491 e. The average Bonchev–Trinajstić information content (AvgIpc) is 3.14. The molecule has 1 aliphatic heterocycles. The molecule has 0 aromatic heterocycles. The topological polar surface area (TPSA) is 57.2 Å². The number of carbonyl (C=O) groups excluding carboxylic acids is 1. The van der Waals surface area contributed by atoms with Gasteiger partial charge in [-0.15, -0.1) is 0 Å². The van der Waals surface area contributed by atoms with Crippen molar-refractivity contribution in [3.8, 4) is 23.0 Å². The Morgan fingerprint density at radius 3 is 2.79 bits per heavy atom. The summed E-state index contributed by atoms with van der Waals surface area (Å²) in [6.07, 6.45) is 3.20. The molecule has 0 spiro atoms. The highest BCUT2D eigenvalue weighted by Gasteiger charge is 2.15. The van der Waals surface area contributed by atoms with Gasteiger partial charge in [-0.05, 0) is 48.4 Å². The van der Waals surface area contributed by atoms with Crippen LogP contribution in [-0.4, -0.2) is 38.4 Å². The van der Waals surface area contributed by atoms with Crippen molar-refractivity contribution in [2.75, 3.05) is 27.6 Å². The van der Waals surface area contributed by atoms with Crippen LogP contribution < -0.4 is 18.9 Å². The van der Waals surface area contributed by atoms with Crippen LogP contribution >= 0.6 is 11.6 Å². The van der Waals surface area contributed by atoms with Crippen molar-refractivity contribution in [1.82, 2.24) is 4.90 Å². The molecule has 1 heterocycles. The summed E-state index contributed by atoms with van der Waals surface area (Å²) in [5.74, 6) is 2.30. The number of amides is 1. The molecule has 0 unspecified atom stereocenters. The van der Waals surface area contributed by atoms with Gasteiger partial charge in [0, 0.05) is 19.7 Å². The molecular formula is C21H22ClNO5. The summed E-state index contributed by atoms with van der Waals surface area (Å²) in [4.78, 5) is 14.1. The lowest BCUT2D eigenvalue weighted by Crippen LogP contribution is -2.24. The fourth-order valence-corrected chi connectivity index (χ4v) is 3.13. The molecule has 0 radical (unpaired) electrons. The van der Waals surface area contributed by atoms with Gasteiger partial charge < -0.3 is 23.8 Å². The van der Waals surface area contributed by atoms with E-state index < -0.39 is 0 Å². The number of rotatable bonds is 7. The summed E-state index contributed by atoms with van der Waals surface area (Å²) in [7, 11) is 3.28. The van der Waals surface area contributed by atoms with Gasteiger partial charge in [0.05, 0.1) is 18.7 Å². The van der Waals surface area contributed by atoms with Crippen molar-refractivity contribution in [2.24, 2.45) is 0 Å². The van der Waals surface area contributed by atoms with Crippen molar-refractivity contribution in [3.05, 3.63) is 52.6 Å². The molecule has 2 aromatic carbocycles. The predicted molar refractivity (Wildman–Crippen MR) is 107 cm³/mol. The number of carbonyl (C=O) groups is 1. The highest BCUT2D eigenvalue weighted by atomic mass is 35.5. The molecule has 7 heteroatoms. The standard InChI is InChI=1S/C21H22ClNO5/c1-4-26-19-10-14(9-16(22)21(19)25-3)6-8-20(24)23(2)12-15-5-7-17-18(11-15)28-13-27-17/h5-11H,4,12-13H2,1-3H3. The normalized spacial score (nSPS) is 12.3. The van der Waals surface area contributed by atoms with Crippen LogP contribution in [0.1, 0.15) is 18.1 Å². The molecule has 0 aliphatic carbocycles. The van der Waals surface area contributed by atoms with Gasteiger partial charge in [-0.25, -0.2) is 0 Å². The second-order valence-corrected chi connectivity index (χ2v) is 6.59. The summed E-state index contributed by atoms with van der Waals surface area (Å²) >= 11 is 6.25. The number of likely N-dealkylation sites (N-methyl/N-ethyl adjacent to an activating group) is 1. The van der Waals surface area contributed by atoms with Gasteiger partial charge in [0.15, 0.2) is 23.0 Å². The van der Waals surface area contributed by atoms with E-state index >= 15 is 0 Å². The molecule has 0 bridgehead atoms. The number of benzene rings is 2. The molecule has 0 saturated heterocycles. The van der Waals surface area contributed by atoms with Crippen LogP contribution in [0.25, 0.3) is 6.08 Å². The zero-order valence-corrected chi connectivity index (χ0v) is 16.8. The quantitative estimate of drug-likeness (QED) is 0.650. The SMILES string of the molecule is CCOc1cc(C=CC(=O)N(C)Cc2ccc3c(c2)OCO3)cc(Cl)c1OC. The van der Waals surface area contributed by atoms with Gasteiger partial charge in [0.2, 0.25) is 12.7 Å². The van der Waals surface area contributed by atoms with Crippen LogP contribution in [0.4, 0.5) is 0 Å². The van der Waals surface area contributed by atoms with E-state index in [1.54, 1.807) is 30.2 Å². The molecule has 28 heavy (non-hydrogen) atoms. The monoisotopic (exact) mass is 403 g/mol. The molecule has 3 rings (SSSR count). The van der Waals surface area contributed by atoms with E-state index in [9.17, 15) is 4.79 Å². The van der Waals surface area contributed by atoms with Crippen LogP contribution in [0.2, 0.25) is 5.02 Å². The van der Waals surface area contributed by atoms with Crippen LogP contribution in [0.3, 0.4) is 0 Å². The Balaban J connectivity index is 1.68. The zero-order chi connectivity index (χ0) is 20.1. The maximum atomic E-state index is 12.5. The Labute approximate surface area is 169 Å². The van der Waals surface area contributed by atoms with E-state index in [0.717, 1.165) is 16.9 Å². The molecule has 1 aliphatic rings. The number of halogens is 1. The molecule has 0 N–H and O–H groups in total. The number of fused-ring (bicyclic) bond motifs is 1. The van der Waals surface area contributed by atoms with Gasteiger partial charge in [-0.3, -0.25) is 4.79 Å². The van der Waals surface area contributed by atoms with Crippen molar-refractivity contribution in [2.45, 2.75) is 13.5 Å². The van der Waals surface area contributed by atoms with Crippen molar-refractivity contribution in [3.63, 3.8) is 0 Å². The first-order chi connectivity index (χ1) is 13.5. The highest BCUT2D eigenvalue weighted by molar-refractivity contribution is 6.32. The molecule has 1 amide bonds. The summed E-state index contributed by atoms with van der Waals surface area (Å²) in [5.41, 5.74) is 1.71. The summed E-state index contributed by atoms with van der Waals surface area (Å²) in [5, 5.41) is 0.425. The van der Waals surface area contributed by atoms with E-state index in [0.29, 0.717) is 35.4 Å². The lowest BCUT2D eigenvalue weighted by atomic mass is 10.1. The molecule has 0 atom stereocenters. The average molecular weight is 404 g/mol. The Morgan fingerprint density at radius 1 is 1.25 bits per heavy atom. The molecule has 2 aromatic rings. The van der Waals surface area contributed by atoms with E-state index in [-0.39, 0.29) is 12.7 Å². The first-order valence-corrected chi connectivity index (χ1v) is 9.21. The summed E-state index contributed by atoms with van der Waals surface area (Å²) in [6.45, 7) is 3.04. The predicted octanol–water partition coefficient (Wildman–Crippen LogP) is 4.15. The van der Waals surface area contributed by atoms with Gasteiger partial charge in [-0.2, -0.15) is 0 Å². The molecule has 148 valence electrons. The number of nitrogens with zero attached hydrogens (tertiary/aromatic N) is 1. The van der Waals surface area contributed by atoms with Gasteiger partial charge in [0.25, 0.3) is 0 Å². The Kier molecular flexibility index (Phi) is 6.31. The number of hydrogen-bond acceptors (Lipinski definition) is 5. The molecule has 0 fully saturated rings. The molecule has 0 saturated carbocycles. The van der Waals surface area contributed by atoms with Crippen LogP contribution in [-0.2, 0) is 11.3 Å². The zero-order valence-electron chi connectivity index (χ0n) is 16.0. The third kappa shape index (κ3) is 4.51. The first kappa shape index (κ1) is 19.9. The fourth-order valence-electron chi connectivity index (χ4n) is 2.83. The lowest BCUT2D eigenvalue weighted by Gasteiger charge is -2.15. The summed E-state index contributed by atoms with van der Waals surface area (Å²) in [6, 6.07) is 9.16. The minimum absolute atomic E-state index is 0.137. The smallest absolute Gasteiger partial charge is 0.246 e. The lowest BCUT2D eigenvalue weighted by molar-refractivity contribution is -0.125. The van der Waals surface area contributed by atoms with E-state index in [4.69, 9.17) is 30.5 Å². The van der Waals surface area contributed by atoms with Crippen molar-refractivity contribution >= 4 is 23.6 Å². The van der Waals surface area contributed by atoms with E-state index in [1.165, 1.54) is 13.2 Å². The van der Waals surface area contributed by atoms with Crippen LogP contribution in [0.5, 0.6) is 23.0 Å². The number of methoxy groups -OCH3 is 1. The second-order valence-electron chi connectivity index (χ2n) is 6.18. The minimum atomic E-state index is -0.137. The fraction of sp³-hybridized carbons (Fsp3) is 0.286. The van der Waals surface area contributed by atoms with E-state index in [2.05, 4.69) is 0 Å². The largest absolute Gasteiger partial charge is 0.491 e. The maximum absolute atomic E-state index is 12.5. The Bertz CT molecular complexity index is 897. The van der Waals surface area contributed by atoms with E-state index in [1.807, 2.05) is 25.1 Å². The molecular weight excluding hydrogens is 382 g/mol. The van der Waals surface area contributed by atoms with Crippen molar-refractivity contribution < 1.29 is 23.7 Å². The van der Waals surface area contributed by atoms with Gasteiger partial charge in [-0.1, -0.05) is 17.7 Å². The first-order valence-electron chi connectivity index (χ1n) is 8.84. The number of hydrogen-bond donors (Lipinski definition) is 0. The third-order valence-corrected chi connectivity index (χ3v) is 4.47. The Hall–Kier alpha value is -2.86. The maximum Gasteiger partial charge on any atom is 0.246 e. The molecule has 6 nitrogen and oxygen atoms in total. The second kappa shape index (κ2) is 8.89. The van der Waals surface area contributed by atoms with Crippen molar-refractivity contribution in [1.29, 1.82) is 0 Å². The van der Waals surface area contributed by atoms with Crippen LogP contribution in [0.15, 0.2) is 36.4 Å². The van der Waals surface area contributed by atoms with Gasteiger partial charge >= 0.3 is 0 Å². The van der Waals surface area contributed by atoms with Gasteiger partial charge in [0.1, 0.15) is 0 Å². The summed E-state index contributed by atoms with van der Waals surface area (Å²) < 4.78 is 21.5.